The van der Waals surface area contributed by atoms with Crippen molar-refractivity contribution in [3.63, 3.8) is 0 Å². The number of likely N-dealkylation sites (tertiary alicyclic amines) is 1. The molecule has 1 N–H and O–H groups in total. The van der Waals surface area contributed by atoms with Crippen LogP contribution in [0.1, 0.15) is 18.4 Å². The second kappa shape index (κ2) is 6.89. The van der Waals surface area contributed by atoms with E-state index in [1.807, 2.05) is 18.3 Å². The fourth-order valence-electron chi connectivity index (χ4n) is 4.85. The molecule has 0 unspecified atom stereocenters. The summed E-state index contributed by atoms with van der Waals surface area (Å²) in [6.07, 6.45) is 7.62. The largest absolute Gasteiger partial charge is 0.493 e. The van der Waals surface area contributed by atoms with Gasteiger partial charge in [0.15, 0.2) is 11.6 Å². The number of benzene rings is 1. The minimum absolute atomic E-state index is 0.562. The summed E-state index contributed by atoms with van der Waals surface area (Å²) in [6, 6.07) is 13.7. The molecule has 0 spiro atoms. The van der Waals surface area contributed by atoms with Crippen molar-refractivity contribution in [3.05, 3.63) is 54.4 Å². The number of ether oxygens (including phenoxy) is 1. The van der Waals surface area contributed by atoms with Gasteiger partial charge in [0, 0.05) is 48.5 Å². The molecule has 2 saturated heterocycles. The molecular weight excluding hydrogens is 336 g/mol. The summed E-state index contributed by atoms with van der Waals surface area (Å²) in [6.45, 7) is 3.37. The molecule has 4 heterocycles. The Morgan fingerprint density at radius 3 is 2.93 bits per heavy atom. The van der Waals surface area contributed by atoms with Gasteiger partial charge < -0.3 is 14.6 Å². The summed E-state index contributed by atoms with van der Waals surface area (Å²) in [5.41, 5.74) is 2.68. The number of aryl methyl sites for hydroxylation is 1. The molecule has 0 aliphatic carbocycles. The molecule has 5 nitrogen and oxygen atoms in total. The summed E-state index contributed by atoms with van der Waals surface area (Å²) in [5.74, 6) is 1.89. The topological polar surface area (TPSA) is 44.4 Å². The van der Waals surface area contributed by atoms with Gasteiger partial charge in [0.25, 0.3) is 0 Å². The van der Waals surface area contributed by atoms with E-state index >= 15 is 0 Å². The lowest BCUT2D eigenvalue weighted by Crippen LogP contribution is -2.47. The molecule has 2 aliphatic rings. The predicted octanol–water partition coefficient (Wildman–Crippen LogP) is 3.47. The average molecular weight is 362 g/mol. The number of anilines is 1. The summed E-state index contributed by atoms with van der Waals surface area (Å²) >= 11 is 0. The van der Waals surface area contributed by atoms with E-state index in [9.17, 15) is 0 Å². The Morgan fingerprint density at radius 1 is 1.15 bits per heavy atom. The van der Waals surface area contributed by atoms with E-state index < -0.39 is 0 Å². The number of H-pyrrole nitrogens is 1. The zero-order valence-corrected chi connectivity index (χ0v) is 15.8. The molecule has 0 amide bonds. The van der Waals surface area contributed by atoms with Gasteiger partial charge in [-0.3, -0.25) is 4.90 Å². The maximum absolute atomic E-state index is 5.51. The van der Waals surface area contributed by atoms with Crippen LogP contribution < -0.4 is 9.64 Å². The maximum Gasteiger partial charge on any atom is 0.171 e. The second-order valence-corrected chi connectivity index (χ2v) is 7.68. The molecule has 27 heavy (non-hydrogen) atoms. The molecule has 0 radical (unpaired) electrons. The number of para-hydroxylation sites is 1. The minimum Gasteiger partial charge on any atom is -0.493 e. The number of methoxy groups -OCH3 is 1. The first-order chi connectivity index (χ1) is 13.3. The number of piperazine rings is 1. The van der Waals surface area contributed by atoms with Crippen LogP contribution in [0.15, 0.2) is 48.8 Å². The Labute approximate surface area is 160 Å². The Hall–Kier alpha value is -2.53. The van der Waals surface area contributed by atoms with Crippen molar-refractivity contribution >= 4 is 16.7 Å². The van der Waals surface area contributed by atoms with Crippen molar-refractivity contribution in [3.8, 4) is 5.75 Å². The molecule has 3 aromatic rings. The summed E-state index contributed by atoms with van der Waals surface area (Å²) in [7, 11) is 1.73. The quantitative estimate of drug-likeness (QED) is 0.729. The third-order valence-corrected chi connectivity index (χ3v) is 6.16. The van der Waals surface area contributed by atoms with Gasteiger partial charge in [-0.15, -0.1) is 0 Å². The highest BCUT2D eigenvalue weighted by molar-refractivity contribution is 5.83. The number of nitrogens with zero attached hydrogens (tertiary/aromatic N) is 3. The molecule has 5 rings (SSSR count). The molecule has 140 valence electrons. The van der Waals surface area contributed by atoms with Crippen molar-refractivity contribution in [2.45, 2.75) is 31.3 Å². The SMILES string of the molecule is COc1cccnc1N1C[C@H]2C[C@@H]1CN2CCCc1c[nH]c2ccccc12. The number of hydrogen-bond donors (Lipinski definition) is 1. The van der Waals surface area contributed by atoms with E-state index in [-0.39, 0.29) is 0 Å². The van der Waals surface area contributed by atoms with Gasteiger partial charge in [-0.25, -0.2) is 4.98 Å². The fraction of sp³-hybridized carbons (Fsp3) is 0.409. The Bertz CT molecular complexity index is 937. The van der Waals surface area contributed by atoms with Gasteiger partial charge in [0.05, 0.1) is 7.11 Å². The number of hydrogen-bond acceptors (Lipinski definition) is 4. The number of rotatable bonds is 6. The Morgan fingerprint density at radius 2 is 2.07 bits per heavy atom. The summed E-state index contributed by atoms with van der Waals surface area (Å²) in [4.78, 5) is 13.1. The standard InChI is InChI=1S/C22H26N4O/c1-27-21-9-4-10-23-22(21)26-15-17-12-18(26)14-25(17)11-5-6-16-13-24-20-8-3-2-7-19(16)20/h2-4,7-10,13,17-18,24H,5-6,11-12,14-15H2,1H3/t17-,18-/m1/s1. The van der Waals surface area contributed by atoms with Crippen LogP contribution in [-0.4, -0.2) is 53.7 Å². The van der Waals surface area contributed by atoms with E-state index in [0.717, 1.165) is 31.1 Å². The fourth-order valence-corrected chi connectivity index (χ4v) is 4.85. The van der Waals surface area contributed by atoms with Gasteiger partial charge in [-0.2, -0.15) is 0 Å². The molecular formula is C22H26N4O. The highest BCUT2D eigenvalue weighted by Crippen LogP contribution is 2.37. The van der Waals surface area contributed by atoms with E-state index in [1.165, 1.54) is 35.9 Å². The second-order valence-electron chi connectivity index (χ2n) is 7.68. The highest BCUT2D eigenvalue weighted by atomic mass is 16.5. The number of nitrogens with one attached hydrogen (secondary N) is 1. The third-order valence-electron chi connectivity index (χ3n) is 6.16. The van der Waals surface area contributed by atoms with Crippen LogP contribution >= 0.6 is 0 Å². The Balaban J connectivity index is 1.19. The van der Waals surface area contributed by atoms with Crippen LogP contribution in [0.2, 0.25) is 0 Å². The summed E-state index contributed by atoms with van der Waals surface area (Å²) < 4.78 is 5.51. The summed E-state index contributed by atoms with van der Waals surface area (Å²) in [5, 5.41) is 1.37. The lowest BCUT2D eigenvalue weighted by molar-refractivity contribution is 0.235. The highest BCUT2D eigenvalue weighted by Gasteiger charge is 2.44. The zero-order chi connectivity index (χ0) is 18.2. The van der Waals surface area contributed by atoms with Gasteiger partial charge in [-0.1, -0.05) is 18.2 Å². The van der Waals surface area contributed by atoms with Crippen LogP contribution in [0, 0.1) is 0 Å². The van der Waals surface area contributed by atoms with E-state index in [1.54, 1.807) is 7.11 Å². The first-order valence-corrected chi connectivity index (χ1v) is 9.88. The smallest absolute Gasteiger partial charge is 0.171 e. The number of fused-ring (bicyclic) bond motifs is 3. The molecule has 2 aliphatic heterocycles. The van der Waals surface area contributed by atoms with Crippen LogP contribution in [-0.2, 0) is 6.42 Å². The zero-order valence-electron chi connectivity index (χ0n) is 15.8. The van der Waals surface area contributed by atoms with Gasteiger partial charge in [0.2, 0.25) is 0 Å². The molecule has 5 heteroatoms. The van der Waals surface area contributed by atoms with Gasteiger partial charge >= 0.3 is 0 Å². The minimum atomic E-state index is 0.562. The molecule has 0 saturated carbocycles. The molecule has 1 aromatic carbocycles. The molecule has 2 fully saturated rings. The van der Waals surface area contributed by atoms with Crippen molar-refractivity contribution in [1.29, 1.82) is 0 Å². The maximum atomic E-state index is 5.51. The van der Waals surface area contributed by atoms with Gasteiger partial charge in [0.1, 0.15) is 0 Å². The number of aromatic amines is 1. The lowest BCUT2D eigenvalue weighted by Gasteiger charge is -2.35. The van der Waals surface area contributed by atoms with E-state index in [2.05, 4.69) is 50.2 Å². The first-order valence-electron chi connectivity index (χ1n) is 9.88. The molecule has 2 atom stereocenters. The van der Waals surface area contributed by atoms with Crippen LogP contribution in [0.3, 0.4) is 0 Å². The van der Waals surface area contributed by atoms with Crippen LogP contribution in [0.25, 0.3) is 10.9 Å². The van der Waals surface area contributed by atoms with Crippen molar-refractivity contribution in [1.82, 2.24) is 14.9 Å². The molecule has 2 aromatic heterocycles. The third kappa shape index (κ3) is 2.96. The Kier molecular flexibility index (Phi) is 4.24. The predicted molar refractivity (Wildman–Crippen MR) is 109 cm³/mol. The van der Waals surface area contributed by atoms with Crippen molar-refractivity contribution < 1.29 is 4.74 Å². The average Bonchev–Trinajstić information content (AvgIpc) is 3.42. The lowest BCUT2D eigenvalue weighted by atomic mass is 10.1. The van der Waals surface area contributed by atoms with Crippen molar-refractivity contribution in [2.24, 2.45) is 0 Å². The first kappa shape index (κ1) is 16.6. The van der Waals surface area contributed by atoms with E-state index in [4.69, 9.17) is 4.74 Å². The number of pyridine rings is 1. The van der Waals surface area contributed by atoms with E-state index in [0.29, 0.717) is 12.1 Å². The number of aromatic nitrogens is 2. The molecule has 2 bridgehead atoms. The monoisotopic (exact) mass is 362 g/mol. The van der Waals surface area contributed by atoms with Crippen LogP contribution in [0.5, 0.6) is 5.75 Å². The van der Waals surface area contributed by atoms with Gasteiger partial charge in [-0.05, 0) is 49.6 Å². The van der Waals surface area contributed by atoms with Crippen molar-refractivity contribution in [2.75, 3.05) is 31.6 Å². The normalized spacial score (nSPS) is 22.0. The van der Waals surface area contributed by atoms with Crippen LogP contribution in [0.4, 0.5) is 5.82 Å².